The zero-order chi connectivity index (χ0) is 17.1. The fourth-order valence-electron chi connectivity index (χ4n) is 2.97. The summed E-state index contributed by atoms with van der Waals surface area (Å²) in [6.45, 7) is 7.12. The van der Waals surface area contributed by atoms with E-state index in [1.165, 1.54) is 5.56 Å². The van der Waals surface area contributed by atoms with Crippen molar-refractivity contribution in [3.8, 4) is 0 Å². The van der Waals surface area contributed by atoms with Gasteiger partial charge in [0.25, 0.3) is 0 Å². The van der Waals surface area contributed by atoms with Crippen LogP contribution in [0.15, 0.2) is 42.5 Å². The molecule has 3 rings (SSSR count). The van der Waals surface area contributed by atoms with Gasteiger partial charge in [-0.2, -0.15) is 0 Å². The number of carbonyl (C=O) groups is 1. The lowest BCUT2D eigenvalue weighted by Crippen LogP contribution is -2.50. The van der Waals surface area contributed by atoms with Crippen LogP contribution >= 0.6 is 11.6 Å². The van der Waals surface area contributed by atoms with E-state index < -0.39 is 0 Å². The molecule has 24 heavy (non-hydrogen) atoms. The first-order valence-corrected chi connectivity index (χ1v) is 8.54. The lowest BCUT2D eigenvalue weighted by Gasteiger charge is -2.36. The SMILES string of the molecule is Cc1ccc(NC(=O)N2CCN(c3ccc(Cl)cc3)CC2)c(C)c1. The van der Waals surface area contributed by atoms with Gasteiger partial charge < -0.3 is 15.1 Å². The highest BCUT2D eigenvalue weighted by Gasteiger charge is 2.21. The second kappa shape index (κ2) is 7.14. The van der Waals surface area contributed by atoms with Crippen LogP contribution in [0.1, 0.15) is 11.1 Å². The average Bonchev–Trinajstić information content (AvgIpc) is 2.58. The summed E-state index contributed by atoms with van der Waals surface area (Å²) in [6.07, 6.45) is 0. The van der Waals surface area contributed by atoms with Crippen LogP contribution in [0.2, 0.25) is 5.02 Å². The summed E-state index contributed by atoms with van der Waals surface area (Å²) in [7, 11) is 0. The Morgan fingerprint density at radius 2 is 1.67 bits per heavy atom. The molecule has 0 unspecified atom stereocenters. The quantitative estimate of drug-likeness (QED) is 0.881. The summed E-state index contributed by atoms with van der Waals surface area (Å²) >= 11 is 5.94. The number of carbonyl (C=O) groups excluding carboxylic acids is 1. The molecule has 126 valence electrons. The Hall–Kier alpha value is -2.20. The molecule has 2 aromatic rings. The first kappa shape index (κ1) is 16.7. The maximum atomic E-state index is 12.5. The van der Waals surface area contributed by atoms with E-state index in [1.54, 1.807) is 0 Å². The molecule has 1 heterocycles. The summed E-state index contributed by atoms with van der Waals surface area (Å²) in [4.78, 5) is 16.6. The van der Waals surface area contributed by atoms with Gasteiger partial charge in [-0.05, 0) is 49.7 Å². The molecular weight excluding hydrogens is 322 g/mol. The van der Waals surface area contributed by atoms with Gasteiger partial charge >= 0.3 is 6.03 Å². The van der Waals surface area contributed by atoms with Gasteiger partial charge in [-0.1, -0.05) is 29.3 Å². The zero-order valence-corrected chi connectivity index (χ0v) is 14.8. The van der Waals surface area contributed by atoms with Gasteiger partial charge in [-0.15, -0.1) is 0 Å². The molecule has 4 nitrogen and oxygen atoms in total. The van der Waals surface area contributed by atoms with E-state index in [-0.39, 0.29) is 6.03 Å². The van der Waals surface area contributed by atoms with Crippen molar-refractivity contribution in [2.24, 2.45) is 0 Å². The van der Waals surface area contributed by atoms with Gasteiger partial charge in [0.15, 0.2) is 0 Å². The first-order chi connectivity index (χ1) is 11.5. The number of amides is 2. The Bertz CT molecular complexity index is 722. The summed E-state index contributed by atoms with van der Waals surface area (Å²) in [5.41, 5.74) is 4.31. The third-order valence-electron chi connectivity index (χ3n) is 4.38. The van der Waals surface area contributed by atoms with Crippen LogP contribution in [0.3, 0.4) is 0 Å². The Kier molecular flexibility index (Phi) is 4.95. The summed E-state index contributed by atoms with van der Waals surface area (Å²) in [6, 6.07) is 13.9. The van der Waals surface area contributed by atoms with Crippen LogP contribution in [0.25, 0.3) is 0 Å². The standard InChI is InChI=1S/C19H22ClN3O/c1-14-3-8-18(15(2)13-14)21-19(24)23-11-9-22(10-12-23)17-6-4-16(20)5-7-17/h3-8,13H,9-12H2,1-2H3,(H,21,24). The molecule has 1 fully saturated rings. The maximum absolute atomic E-state index is 12.5. The number of benzene rings is 2. The predicted molar refractivity (Wildman–Crippen MR) is 100 cm³/mol. The normalized spacial score (nSPS) is 14.6. The zero-order valence-electron chi connectivity index (χ0n) is 14.1. The lowest BCUT2D eigenvalue weighted by molar-refractivity contribution is 0.208. The summed E-state index contributed by atoms with van der Waals surface area (Å²) in [5.74, 6) is 0. The van der Waals surface area contributed by atoms with Crippen LogP contribution in [0, 0.1) is 13.8 Å². The molecule has 1 saturated heterocycles. The van der Waals surface area contributed by atoms with E-state index in [9.17, 15) is 4.79 Å². The number of halogens is 1. The fraction of sp³-hybridized carbons (Fsp3) is 0.316. The van der Waals surface area contributed by atoms with E-state index >= 15 is 0 Å². The molecule has 0 bridgehead atoms. The minimum absolute atomic E-state index is 0.0299. The van der Waals surface area contributed by atoms with Crippen molar-refractivity contribution in [1.82, 2.24) is 4.90 Å². The Morgan fingerprint density at radius 3 is 2.29 bits per heavy atom. The number of rotatable bonds is 2. The number of aryl methyl sites for hydroxylation is 2. The van der Waals surface area contributed by atoms with Crippen molar-refractivity contribution < 1.29 is 4.79 Å². The molecule has 1 aliphatic rings. The van der Waals surface area contributed by atoms with Gasteiger partial charge in [0.1, 0.15) is 0 Å². The average molecular weight is 344 g/mol. The van der Waals surface area contributed by atoms with Gasteiger partial charge in [0.05, 0.1) is 0 Å². The molecule has 2 amide bonds. The molecule has 0 spiro atoms. The molecule has 2 aromatic carbocycles. The third-order valence-corrected chi connectivity index (χ3v) is 4.63. The molecular formula is C19H22ClN3O. The topological polar surface area (TPSA) is 35.6 Å². The Morgan fingerprint density at radius 1 is 1.00 bits per heavy atom. The number of piperazine rings is 1. The monoisotopic (exact) mass is 343 g/mol. The van der Waals surface area contributed by atoms with Crippen LogP contribution in [-0.2, 0) is 0 Å². The molecule has 0 radical (unpaired) electrons. The van der Waals surface area contributed by atoms with Gasteiger partial charge in [-0.3, -0.25) is 0 Å². The van der Waals surface area contributed by atoms with Crippen molar-refractivity contribution in [3.63, 3.8) is 0 Å². The molecule has 1 aliphatic heterocycles. The van der Waals surface area contributed by atoms with Crippen LogP contribution in [0.4, 0.5) is 16.2 Å². The number of nitrogens with one attached hydrogen (secondary N) is 1. The number of hydrogen-bond acceptors (Lipinski definition) is 2. The highest BCUT2D eigenvalue weighted by Crippen LogP contribution is 2.20. The van der Waals surface area contributed by atoms with Gasteiger partial charge in [0, 0.05) is 42.6 Å². The van der Waals surface area contributed by atoms with Crippen molar-refractivity contribution in [2.45, 2.75) is 13.8 Å². The summed E-state index contributed by atoms with van der Waals surface area (Å²) in [5, 5.41) is 3.76. The van der Waals surface area contributed by atoms with Crippen LogP contribution in [0.5, 0.6) is 0 Å². The lowest BCUT2D eigenvalue weighted by atomic mass is 10.1. The van der Waals surface area contributed by atoms with E-state index in [4.69, 9.17) is 11.6 Å². The van der Waals surface area contributed by atoms with Gasteiger partial charge in [0.2, 0.25) is 0 Å². The highest BCUT2D eigenvalue weighted by molar-refractivity contribution is 6.30. The van der Waals surface area contributed by atoms with Crippen molar-refractivity contribution >= 4 is 29.0 Å². The second-order valence-corrected chi connectivity index (χ2v) is 6.64. The van der Waals surface area contributed by atoms with Crippen molar-refractivity contribution in [2.75, 3.05) is 36.4 Å². The van der Waals surface area contributed by atoms with E-state index in [2.05, 4.69) is 23.2 Å². The first-order valence-electron chi connectivity index (χ1n) is 8.16. The van der Waals surface area contributed by atoms with E-state index in [0.29, 0.717) is 13.1 Å². The molecule has 0 saturated carbocycles. The Balaban J connectivity index is 1.58. The number of nitrogens with zero attached hydrogens (tertiary/aromatic N) is 2. The Labute approximate surface area is 148 Å². The molecule has 0 aliphatic carbocycles. The maximum Gasteiger partial charge on any atom is 0.321 e. The van der Waals surface area contributed by atoms with E-state index in [0.717, 1.165) is 35.1 Å². The summed E-state index contributed by atoms with van der Waals surface area (Å²) < 4.78 is 0. The smallest absolute Gasteiger partial charge is 0.321 e. The minimum Gasteiger partial charge on any atom is -0.368 e. The second-order valence-electron chi connectivity index (χ2n) is 6.20. The fourth-order valence-corrected chi connectivity index (χ4v) is 3.09. The number of anilines is 2. The van der Waals surface area contributed by atoms with E-state index in [1.807, 2.05) is 48.2 Å². The van der Waals surface area contributed by atoms with Crippen LogP contribution in [-0.4, -0.2) is 37.1 Å². The molecule has 1 N–H and O–H groups in total. The molecule has 5 heteroatoms. The van der Waals surface area contributed by atoms with Crippen molar-refractivity contribution in [1.29, 1.82) is 0 Å². The molecule has 0 aromatic heterocycles. The predicted octanol–water partition coefficient (Wildman–Crippen LogP) is 4.31. The van der Waals surface area contributed by atoms with Crippen molar-refractivity contribution in [3.05, 3.63) is 58.6 Å². The van der Waals surface area contributed by atoms with Crippen LogP contribution < -0.4 is 10.2 Å². The highest BCUT2D eigenvalue weighted by atomic mass is 35.5. The third kappa shape index (κ3) is 3.82. The van der Waals surface area contributed by atoms with Gasteiger partial charge in [-0.25, -0.2) is 4.79 Å². The number of hydrogen-bond donors (Lipinski definition) is 1. The largest absolute Gasteiger partial charge is 0.368 e. The number of urea groups is 1. The molecule has 0 atom stereocenters. The minimum atomic E-state index is -0.0299.